The molecule has 0 aromatic heterocycles. The van der Waals surface area contributed by atoms with E-state index in [9.17, 15) is 9.90 Å². The number of fused-ring (bicyclic) bond motifs is 1. The first-order valence-corrected chi connectivity index (χ1v) is 5.79. The van der Waals surface area contributed by atoms with Crippen LogP contribution in [0.1, 0.15) is 18.9 Å². The summed E-state index contributed by atoms with van der Waals surface area (Å²) in [4.78, 5) is 12.9. The first-order chi connectivity index (χ1) is 8.00. The molecule has 0 radical (unpaired) electrons. The van der Waals surface area contributed by atoms with Gasteiger partial charge in [0, 0.05) is 12.2 Å². The molecule has 17 heavy (non-hydrogen) atoms. The Balaban J connectivity index is 2.22. The van der Waals surface area contributed by atoms with Crippen LogP contribution in [0.5, 0.6) is 0 Å². The van der Waals surface area contributed by atoms with Crippen LogP contribution in [-0.4, -0.2) is 34.9 Å². The Morgan fingerprint density at radius 1 is 1.47 bits per heavy atom. The summed E-state index contributed by atoms with van der Waals surface area (Å²) in [7, 11) is 0. The lowest BCUT2D eigenvalue weighted by molar-refractivity contribution is -0.155. The Morgan fingerprint density at radius 2 is 2.18 bits per heavy atom. The van der Waals surface area contributed by atoms with Crippen LogP contribution in [0.4, 0.5) is 5.69 Å². The number of nitrogens with zero attached hydrogens (tertiary/aromatic N) is 1. The number of β-amino-alcohol motifs (C(OH)–C–C–N with tert-alkyl or cyclic N) is 1. The number of carbonyl (C=O) groups is 1. The van der Waals surface area contributed by atoms with Crippen molar-refractivity contribution in [2.75, 3.05) is 18.0 Å². The van der Waals surface area contributed by atoms with Crippen LogP contribution in [-0.2, 0) is 11.2 Å². The molecule has 0 saturated carbocycles. The highest BCUT2D eigenvalue weighted by Gasteiger charge is 2.33. The summed E-state index contributed by atoms with van der Waals surface area (Å²) in [6.07, 6.45) is 2.01. The average Bonchev–Trinajstić information content (AvgIpc) is 2.29. The minimum absolute atomic E-state index is 0.124. The van der Waals surface area contributed by atoms with Gasteiger partial charge in [-0.25, -0.2) is 4.79 Å². The monoisotopic (exact) mass is 235 g/mol. The lowest BCUT2D eigenvalue weighted by atomic mass is 9.99. The zero-order valence-electron chi connectivity index (χ0n) is 9.89. The smallest absolute Gasteiger partial charge is 0.337 e. The molecule has 1 heterocycles. The number of carboxylic acid groups (broad SMARTS) is 1. The number of para-hydroxylation sites is 1. The van der Waals surface area contributed by atoms with Gasteiger partial charge in [-0.3, -0.25) is 0 Å². The van der Waals surface area contributed by atoms with Crippen LogP contribution < -0.4 is 4.90 Å². The second-order valence-corrected chi connectivity index (χ2v) is 4.73. The molecule has 1 aliphatic heterocycles. The van der Waals surface area contributed by atoms with Crippen LogP contribution in [0.25, 0.3) is 0 Å². The molecule has 0 fully saturated rings. The molecule has 4 heteroatoms. The van der Waals surface area contributed by atoms with Crippen molar-refractivity contribution in [2.45, 2.75) is 25.4 Å². The van der Waals surface area contributed by atoms with E-state index < -0.39 is 11.6 Å². The van der Waals surface area contributed by atoms with Crippen LogP contribution >= 0.6 is 0 Å². The van der Waals surface area contributed by atoms with E-state index in [-0.39, 0.29) is 6.54 Å². The molecular weight excluding hydrogens is 218 g/mol. The molecule has 1 aliphatic rings. The molecule has 1 aromatic carbocycles. The van der Waals surface area contributed by atoms with Crippen molar-refractivity contribution >= 4 is 11.7 Å². The molecule has 0 saturated heterocycles. The second kappa shape index (κ2) is 4.37. The maximum absolute atomic E-state index is 10.9. The zero-order valence-corrected chi connectivity index (χ0v) is 9.89. The minimum Gasteiger partial charge on any atom is -0.479 e. The topological polar surface area (TPSA) is 60.8 Å². The van der Waals surface area contributed by atoms with Gasteiger partial charge in [-0.1, -0.05) is 18.2 Å². The Hall–Kier alpha value is -1.55. The van der Waals surface area contributed by atoms with Crippen molar-refractivity contribution < 1.29 is 15.0 Å². The fourth-order valence-corrected chi connectivity index (χ4v) is 2.22. The normalized spacial score (nSPS) is 18.4. The van der Waals surface area contributed by atoms with Crippen molar-refractivity contribution in [3.05, 3.63) is 29.8 Å². The standard InChI is InChI=1S/C13H17NO3/c1-13(17,12(15)16)9-14-8-4-6-10-5-2-3-7-11(10)14/h2-3,5,7,17H,4,6,8-9H2,1H3,(H,15,16). The summed E-state index contributed by atoms with van der Waals surface area (Å²) in [6.45, 7) is 2.26. The summed E-state index contributed by atoms with van der Waals surface area (Å²) in [5, 5.41) is 18.8. The van der Waals surface area contributed by atoms with Crippen LogP contribution in [0.3, 0.4) is 0 Å². The molecule has 92 valence electrons. The molecule has 2 N–H and O–H groups in total. The molecule has 0 bridgehead atoms. The third kappa shape index (κ3) is 2.42. The molecule has 1 aromatic rings. The van der Waals surface area contributed by atoms with Crippen molar-refractivity contribution in [2.24, 2.45) is 0 Å². The molecular formula is C13H17NO3. The van der Waals surface area contributed by atoms with Gasteiger partial charge in [-0.2, -0.15) is 0 Å². The molecule has 1 unspecified atom stereocenters. The maximum Gasteiger partial charge on any atom is 0.337 e. The number of aliphatic hydroxyl groups is 1. The highest BCUT2D eigenvalue weighted by Crippen LogP contribution is 2.27. The van der Waals surface area contributed by atoms with Crippen LogP contribution in [0.15, 0.2) is 24.3 Å². The van der Waals surface area contributed by atoms with Gasteiger partial charge in [0.15, 0.2) is 5.60 Å². The first-order valence-electron chi connectivity index (χ1n) is 5.79. The first kappa shape index (κ1) is 11.9. The summed E-state index contributed by atoms with van der Waals surface area (Å²) < 4.78 is 0. The molecule has 0 aliphatic carbocycles. The SMILES string of the molecule is CC(O)(CN1CCCc2ccccc21)C(=O)O. The number of anilines is 1. The Labute approximate surface area is 100 Å². The fourth-order valence-electron chi connectivity index (χ4n) is 2.22. The van der Waals surface area contributed by atoms with E-state index in [0.717, 1.165) is 25.1 Å². The number of rotatable bonds is 3. The highest BCUT2D eigenvalue weighted by atomic mass is 16.4. The third-order valence-corrected chi connectivity index (χ3v) is 3.17. The van der Waals surface area contributed by atoms with Gasteiger partial charge in [-0.15, -0.1) is 0 Å². The zero-order chi connectivity index (χ0) is 12.5. The largest absolute Gasteiger partial charge is 0.479 e. The number of hydrogen-bond donors (Lipinski definition) is 2. The van der Waals surface area contributed by atoms with Crippen LogP contribution in [0.2, 0.25) is 0 Å². The number of aliphatic carboxylic acids is 1. The van der Waals surface area contributed by atoms with Gasteiger partial charge in [-0.05, 0) is 31.4 Å². The summed E-state index contributed by atoms with van der Waals surface area (Å²) in [6, 6.07) is 7.95. The van der Waals surface area contributed by atoms with E-state index in [1.807, 2.05) is 23.1 Å². The van der Waals surface area contributed by atoms with E-state index >= 15 is 0 Å². The summed E-state index contributed by atoms with van der Waals surface area (Å²) >= 11 is 0. The predicted octanol–water partition coefficient (Wildman–Crippen LogP) is 1.27. The summed E-state index contributed by atoms with van der Waals surface area (Å²) in [5.74, 6) is -1.18. The Morgan fingerprint density at radius 3 is 2.88 bits per heavy atom. The Bertz CT molecular complexity index is 428. The van der Waals surface area contributed by atoms with Crippen molar-refractivity contribution in [1.29, 1.82) is 0 Å². The third-order valence-electron chi connectivity index (χ3n) is 3.17. The van der Waals surface area contributed by atoms with Gasteiger partial charge in [0.05, 0.1) is 6.54 Å². The van der Waals surface area contributed by atoms with E-state index in [1.54, 1.807) is 0 Å². The number of aryl methyl sites for hydroxylation is 1. The second-order valence-electron chi connectivity index (χ2n) is 4.73. The van der Waals surface area contributed by atoms with Gasteiger partial charge in [0.25, 0.3) is 0 Å². The van der Waals surface area contributed by atoms with Crippen molar-refractivity contribution in [1.82, 2.24) is 0 Å². The van der Waals surface area contributed by atoms with Crippen LogP contribution in [0, 0.1) is 0 Å². The molecule has 1 atom stereocenters. The van der Waals surface area contributed by atoms with E-state index in [2.05, 4.69) is 6.07 Å². The van der Waals surface area contributed by atoms with Gasteiger partial charge in [0.1, 0.15) is 0 Å². The predicted molar refractivity (Wildman–Crippen MR) is 65.2 cm³/mol. The minimum atomic E-state index is -1.70. The molecule has 2 rings (SSSR count). The van der Waals surface area contributed by atoms with Crippen molar-refractivity contribution in [3.8, 4) is 0 Å². The highest BCUT2D eigenvalue weighted by molar-refractivity contribution is 5.77. The lowest BCUT2D eigenvalue weighted by Crippen LogP contribution is -2.48. The van der Waals surface area contributed by atoms with Gasteiger partial charge in [0.2, 0.25) is 0 Å². The quantitative estimate of drug-likeness (QED) is 0.828. The van der Waals surface area contributed by atoms with Gasteiger partial charge < -0.3 is 15.1 Å². The molecule has 0 spiro atoms. The number of benzene rings is 1. The van der Waals surface area contributed by atoms with E-state index in [1.165, 1.54) is 12.5 Å². The molecule has 0 amide bonds. The maximum atomic E-state index is 10.9. The van der Waals surface area contributed by atoms with Crippen molar-refractivity contribution in [3.63, 3.8) is 0 Å². The average molecular weight is 235 g/mol. The number of carboxylic acids is 1. The summed E-state index contributed by atoms with van der Waals surface area (Å²) in [5.41, 5.74) is 0.560. The van der Waals surface area contributed by atoms with Gasteiger partial charge >= 0.3 is 5.97 Å². The Kier molecular flexibility index (Phi) is 3.07. The fraction of sp³-hybridized carbons (Fsp3) is 0.462. The molecule has 4 nitrogen and oxygen atoms in total. The lowest BCUT2D eigenvalue weighted by Gasteiger charge is -2.35. The van der Waals surface area contributed by atoms with E-state index in [4.69, 9.17) is 5.11 Å². The van der Waals surface area contributed by atoms with E-state index in [0.29, 0.717) is 0 Å². The number of hydrogen-bond acceptors (Lipinski definition) is 3.